The van der Waals surface area contributed by atoms with Crippen LogP contribution in [0.15, 0.2) is 11.1 Å². The maximum absolute atomic E-state index is 8.68. The summed E-state index contributed by atoms with van der Waals surface area (Å²) in [6.07, 6.45) is 0. The summed E-state index contributed by atoms with van der Waals surface area (Å²) in [6, 6.07) is 0. The Balaban J connectivity index is 3.27. The standard InChI is InChI=1S/C8H16ClNO/c1-7(3-9)4-10-5-8(2)6-11/h3,8,10-11H,4-6H2,1-2H3. The first-order valence-corrected chi connectivity index (χ1v) is 4.21. The maximum atomic E-state index is 8.68. The molecular weight excluding hydrogens is 162 g/mol. The van der Waals surface area contributed by atoms with Crippen molar-refractivity contribution in [3.63, 3.8) is 0 Å². The van der Waals surface area contributed by atoms with E-state index in [1.807, 2.05) is 13.8 Å². The minimum Gasteiger partial charge on any atom is -0.396 e. The number of hydrogen-bond acceptors (Lipinski definition) is 2. The molecule has 0 saturated heterocycles. The third-order valence-electron chi connectivity index (χ3n) is 1.39. The van der Waals surface area contributed by atoms with Gasteiger partial charge in [0.2, 0.25) is 0 Å². The van der Waals surface area contributed by atoms with Crippen LogP contribution >= 0.6 is 11.6 Å². The normalized spacial score (nSPS) is 15.1. The molecule has 0 aromatic rings. The van der Waals surface area contributed by atoms with E-state index in [-0.39, 0.29) is 6.61 Å². The SMILES string of the molecule is CC(=CCl)CNCC(C)CO. The minimum absolute atomic E-state index is 0.233. The van der Waals surface area contributed by atoms with E-state index in [1.54, 1.807) is 5.54 Å². The summed E-state index contributed by atoms with van der Waals surface area (Å²) < 4.78 is 0. The third-order valence-corrected chi connectivity index (χ3v) is 1.77. The first-order chi connectivity index (χ1) is 5.20. The minimum atomic E-state index is 0.233. The Bertz CT molecular complexity index is 125. The number of aliphatic hydroxyl groups excluding tert-OH is 1. The first-order valence-electron chi connectivity index (χ1n) is 3.78. The van der Waals surface area contributed by atoms with Gasteiger partial charge in [-0.15, -0.1) is 0 Å². The second-order valence-electron chi connectivity index (χ2n) is 2.87. The van der Waals surface area contributed by atoms with Crippen molar-refractivity contribution in [2.45, 2.75) is 13.8 Å². The van der Waals surface area contributed by atoms with Crippen molar-refractivity contribution in [3.8, 4) is 0 Å². The molecule has 0 saturated carbocycles. The molecule has 0 heterocycles. The van der Waals surface area contributed by atoms with Crippen LogP contribution in [0.3, 0.4) is 0 Å². The fraction of sp³-hybridized carbons (Fsp3) is 0.750. The molecule has 2 N–H and O–H groups in total. The second kappa shape index (κ2) is 6.65. The van der Waals surface area contributed by atoms with E-state index in [4.69, 9.17) is 16.7 Å². The van der Waals surface area contributed by atoms with Gasteiger partial charge >= 0.3 is 0 Å². The lowest BCUT2D eigenvalue weighted by Crippen LogP contribution is -2.24. The van der Waals surface area contributed by atoms with Gasteiger partial charge in [-0.1, -0.05) is 18.5 Å². The highest BCUT2D eigenvalue weighted by Crippen LogP contribution is 1.94. The lowest BCUT2D eigenvalue weighted by molar-refractivity contribution is 0.235. The molecule has 11 heavy (non-hydrogen) atoms. The first kappa shape index (κ1) is 11.0. The van der Waals surface area contributed by atoms with Gasteiger partial charge < -0.3 is 10.4 Å². The van der Waals surface area contributed by atoms with Gasteiger partial charge in [0, 0.05) is 25.2 Å². The van der Waals surface area contributed by atoms with Crippen LogP contribution in [0.4, 0.5) is 0 Å². The quantitative estimate of drug-likeness (QED) is 0.665. The van der Waals surface area contributed by atoms with E-state index in [0.29, 0.717) is 5.92 Å². The molecule has 2 nitrogen and oxygen atoms in total. The Labute approximate surface area is 73.3 Å². The molecule has 0 rings (SSSR count). The Hall–Kier alpha value is -0.0500. The molecule has 3 heteroatoms. The molecule has 0 aliphatic carbocycles. The molecule has 66 valence electrons. The van der Waals surface area contributed by atoms with Crippen LogP contribution in [0.2, 0.25) is 0 Å². The smallest absolute Gasteiger partial charge is 0.0468 e. The van der Waals surface area contributed by atoms with Crippen LogP contribution in [0.1, 0.15) is 13.8 Å². The number of aliphatic hydroxyl groups is 1. The van der Waals surface area contributed by atoms with Gasteiger partial charge in [0.15, 0.2) is 0 Å². The number of halogens is 1. The highest BCUT2D eigenvalue weighted by Gasteiger charge is 1.97. The molecule has 0 aromatic heterocycles. The second-order valence-corrected chi connectivity index (χ2v) is 3.09. The zero-order valence-corrected chi connectivity index (χ0v) is 7.86. The summed E-state index contributed by atoms with van der Waals surface area (Å²) in [7, 11) is 0. The fourth-order valence-corrected chi connectivity index (χ4v) is 0.696. The summed E-state index contributed by atoms with van der Waals surface area (Å²) in [5.74, 6) is 0.318. The van der Waals surface area contributed by atoms with Crippen LogP contribution in [-0.4, -0.2) is 24.8 Å². The summed E-state index contributed by atoms with van der Waals surface area (Å²) in [4.78, 5) is 0. The Morgan fingerprint density at radius 3 is 2.82 bits per heavy atom. The van der Waals surface area contributed by atoms with Gasteiger partial charge in [-0.25, -0.2) is 0 Å². The van der Waals surface area contributed by atoms with Crippen molar-refractivity contribution < 1.29 is 5.11 Å². The van der Waals surface area contributed by atoms with Crippen molar-refractivity contribution in [1.29, 1.82) is 0 Å². The summed E-state index contributed by atoms with van der Waals surface area (Å²) in [5.41, 5.74) is 2.67. The lowest BCUT2D eigenvalue weighted by atomic mass is 10.2. The number of rotatable bonds is 5. The number of nitrogens with one attached hydrogen (secondary N) is 1. The maximum Gasteiger partial charge on any atom is 0.0468 e. The summed E-state index contributed by atoms with van der Waals surface area (Å²) in [5, 5.41) is 11.9. The lowest BCUT2D eigenvalue weighted by Gasteiger charge is -2.08. The zero-order valence-electron chi connectivity index (χ0n) is 7.10. The predicted molar refractivity (Wildman–Crippen MR) is 48.7 cm³/mol. The van der Waals surface area contributed by atoms with Crippen molar-refractivity contribution >= 4 is 11.6 Å². The molecule has 0 fully saturated rings. The molecule has 1 atom stereocenters. The van der Waals surface area contributed by atoms with E-state index in [2.05, 4.69) is 5.32 Å². The van der Waals surface area contributed by atoms with Gasteiger partial charge in [0.25, 0.3) is 0 Å². The van der Waals surface area contributed by atoms with Crippen LogP contribution < -0.4 is 5.32 Å². The van der Waals surface area contributed by atoms with Crippen LogP contribution in [0, 0.1) is 5.92 Å². The van der Waals surface area contributed by atoms with E-state index in [9.17, 15) is 0 Å². The zero-order chi connectivity index (χ0) is 8.69. The Kier molecular flexibility index (Phi) is 6.62. The molecule has 0 spiro atoms. The van der Waals surface area contributed by atoms with Gasteiger partial charge in [0.1, 0.15) is 0 Å². The molecule has 0 bridgehead atoms. The summed E-state index contributed by atoms with van der Waals surface area (Å²) >= 11 is 5.45. The largest absolute Gasteiger partial charge is 0.396 e. The van der Waals surface area contributed by atoms with Crippen LogP contribution in [-0.2, 0) is 0 Å². The van der Waals surface area contributed by atoms with E-state index in [0.717, 1.165) is 18.7 Å². The van der Waals surface area contributed by atoms with Crippen molar-refractivity contribution in [2.24, 2.45) is 5.92 Å². The molecule has 1 unspecified atom stereocenters. The predicted octanol–water partition coefficient (Wildman–Crippen LogP) is 1.35. The van der Waals surface area contributed by atoms with Gasteiger partial charge in [-0.3, -0.25) is 0 Å². The average Bonchev–Trinajstić information content (AvgIpc) is 2.04. The van der Waals surface area contributed by atoms with Crippen molar-refractivity contribution in [2.75, 3.05) is 19.7 Å². The van der Waals surface area contributed by atoms with Crippen LogP contribution in [0.25, 0.3) is 0 Å². The van der Waals surface area contributed by atoms with Gasteiger partial charge in [-0.05, 0) is 18.4 Å². The Morgan fingerprint density at radius 1 is 1.73 bits per heavy atom. The number of hydrogen-bond donors (Lipinski definition) is 2. The van der Waals surface area contributed by atoms with Crippen molar-refractivity contribution in [3.05, 3.63) is 11.1 Å². The summed E-state index contributed by atoms with van der Waals surface area (Å²) in [6.45, 7) is 5.82. The molecule has 0 amide bonds. The monoisotopic (exact) mass is 177 g/mol. The van der Waals surface area contributed by atoms with Crippen molar-refractivity contribution in [1.82, 2.24) is 5.32 Å². The highest BCUT2D eigenvalue weighted by atomic mass is 35.5. The molecule has 0 aliphatic rings. The van der Waals surface area contributed by atoms with Gasteiger partial charge in [-0.2, -0.15) is 0 Å². The Morgan fingerprint density at radius 2 is 2.36 bits per heavy atom. The molecule has 0 radical (unpaired) electrons. The van der Waals surface area contributed by atoms with E-state index in [1.165, 1.54) is 0 Å². The molecule has 0 aliphatic heterocycles. The highest BCUT2D eigenvalue weighted by molar-refractivity contribution is 6.25. The average molecular weight is 178 g/mol. The van der Waals surface area contributed by atoms with Gasteiger partial charge in [0.05, 0.1) is 0 Å². The fourth-order valence-electron chi connectivity index (χ4n) is 0.619. The molecule has 0 aromatic carbocycles. The topological polar surface area (TPSA) is 32.3 Å². The third kappa shape index (κ3) is 6.35. The van der Waals surface area contributed by atoms with E-state index >= 15 is 0 Å². The molecular formula is C8H16ClNO. The van der Waals surface area contributed by atoms with Crippen LogP contribution in [0.5, 0.6) is 0 Å². The van der Waals surface area contributed by atoms with E-state index < -0.39 is 0 Å².